The predicted octanol–water partition coefficient (Wildman–Crippen LogP) is 3.50. The standard InChI is InChI=1S/C14H14ClNO3/c1-14(2,13(18)19)6-11(17)8-7-16-10-5-3-4-9(15)12(8)10/h3-5,7,16H,6H2,1-2H3,(H,18,19). The van der Waals surface area contributed by atoms with Crippen LogP contribution in [0.4, 0.5) is 0 Å². The summed E-state index contributed by atoms with van der Waals surface area (Å²) in [5, 5.41) is 10.2. The largest absolute Gasteiger partial charge is 0.481 e. The van der Waals surface area contributed by atoms with E-state index in [4.69, 9.17) is 16.7 Å². The number of fused-ring (bicyclic) bond motifs is 1. The number of ketones is 1. The quantitative estimate of drug-likeness (QED) is 0.842. The van der Waals surface area contributed by atoms with Crippen LogP contribution in [0.2, 0.25) is 5.02 Å². The monoisotopic (exact) mass is 279 g/mol. The second kappa shape index (κ2) is 4.70. The van der Waals surface area contributed by atoms with Crippen molar-refractivity contribution >= 4 is 34.3 Å². The summed E-state index contributed by atoms with van der Waals surface area (Å²) in [6, 6.07) is 5.31. The first-order chi connectivity index (χ1) is 8.83. The van der Waals surface area contributed by atoms with E-state index in [2.05, 4.69) is 4.98 Å². The summed E-state index contributed by atoms with van der Waals surface area (Å²) in [6.07, 6.45) is 1.51. The third-order valence-corrected chi connectivity index (χ3v) is 3.45. The number of carbonyl (C=O) groups is 2. The van der Waals surface area contributed by atoms with Crippen LogP contribution in [0.1, 0.15) is 30.6 Å². The number of carboxylic acid groups (broad SMARTS) is 1. The first-order valence-electron chi connectivity index (χ1n) is 5.85. The van der Waals surface area contributed by atoms with Crippen molar-refractivity contribution in [3.63, 3.8) is 0 Å². The van der Waals surface area contributed by atoms with Gasteiger partial charge in [0.05, 0.1) is 10.4 Å². The smallest absolute Gasteiger partial charge is 0.309 e. The maximum Gasteiger partial charge on any atom is 0.309 e. The zero-order valence-corrected chi connectivity index (χ0v) is 11.4. The van der Waals surface area contributed by atoms with Crippen molar-refractivity contribution in [1.82, 2.24) is 4.98 Å². The van der Waals surface area contributed by atoms with Gasteiger partial charge >= 0.3 is 5.97 Å². The lowest BCUT2D eigenvalue weighted by atomic mass is 9.85. The lowest BCUT2D eigenvalue weighted by molar-refractivity contribution is -0.146. The number of H-pyrrole nitrogens is 1. The molecule has 0 aliphatic heterocycles. The molecule has 4 nitrogen and oxygen atoms in total. The van der Waals surface area contributed by atoms with E-state index in [1.807, 2.05) is 6.07 Å². The molecule has 0 bridgehead atoms. The Morgan fingerprint density at radius 2 is 2.05 bits per heavy atom. The molecule has 2 aromatic rings. The van der Waals surface area contributed by atoms with Crippen LogP contribution in [0.15, 0.2) is 24.4 Å². The van der Waals surface area contributed by atoms with Crippen molar-refractivity contribution in [2.75, 3.05) is 0 Å². The molecule has 0 atom stereocenters. The van der Waals surface area contributed by atoms with Crippen LogP contribution in [0.3, 0.4) is 0 Å². The van der Waals surface area contributed by atoms with Crippen LogP contribution < -0.4 is 0 Å². The summed E-state index contributed by atoms with van der Waals surface area (Å²) in [7, 11) is 0. The molecule has 0 aliphatic carbocycles. The van der Waals surface area contributed by atoms with Crippen molar-refractivity contribution in [2.45, 2.75) is 20.3 Å². The van der Waals surface area contributed by atoms with E-state index in [0.29, 0.717) is 16.0 Å². The third-order valence-electron chi connectivity index (χ3n) is 3.14. The minimum atomic E-state index is -1.10. The predicted molar refractivity (Wildman–Crippen MR) is 73.7 cm³/mol. The number of rotatable bonds is 4. The number of halogens is 1. The van der Waals surface area contributed by atoms with Crippen LogP contribution >= 0.6 is 11.6 Å². The SMILES string of the molecule is CC(C)(CC(=O)c1c[nH]c2cccc(Cl)c12)C(=O)O. The fourth-order valence-corrected chi connectivity index (χ4v) is 2.21. The molecule has 100 valence electrons. The maximum absolute atomic E-state index is 12.3. The van der Waals surface area contributed by atoms with E-state index >= 15 is 0 Å². The molecule has 0 saturated heterocycles. The fourth-order valence-electron chi connectivity index (χ4n) is 1.93. The number of aliphatic carboxylic acids is 1. The molecule has 2 rings (SSSR count). The van der Waals surface area contributed by atoms with Gasteiger partial charge in [-0.1, -0.05) is 17.7 Å². The number of benzene rings is 1. The zero-order valence-electron chi connectivity index (χ0n) is 10.7. The highest BCUT2D eigenvalue weighted by Crippen LogP contribution is 2.30. The number of carboxylic acids is 1. The number of aromatic amines is 1. The Morgan fingerprint density at radius 3 is 2.68 bits per heavy atom. The minimum Gasteiger partial charge on any atom is -0.481 e. The molecule has 19 heavy (non-hydrogen) atoms. The Kier molecular flexibility index (Phi) is 3.37. The molecule has 0 radical (unpaired) electrons. The average molecular weight is 280 g/mol. The second-order valence-electron chi connectivity index (χ2n) is 5.15. The van der Waals surface area contributed by atoms with Gasteiger partial charge in [0, 0.05) is 29.1 Å². The average Bonchev–Trinajstić information content (AvgIpc) is 2.73. The van der Waals surface area contributed by atoms with Gasteiger partial charge in [-0.05, 0) is 26.0 Å². The lowest BCUT2D eigenvalue weighted by Gasteiger charge is -2.17. The highest BCUT2D eigenvalue weighted by molar-refractivity contribution is 6.36. The van der Waals surface area contributed by atoms with Crippen LogP contribution in [0.25, 0.3) is 10.9 Å². The van der Waals surface area contributed by atoms with E-state index in [1.54, 1.807) is 18.3 Å². The molecule has 1 aromatic carbocycles. The van der Waals surface area contributed by atoms with E-state index in [-0.39, 0.29) is 12.2 Å². The molecule has 0 unspecified atom stereocenters. The number of aromatic nitrogens is 1. The van der Waals surface area contributed by atoms with E-state index in [1.165, 1.54) is 13.8 Å². The first kappa shape index (κ1) is 13.6. The van der Waals surface area contributed by atoms with Crippen molar-refractivity contribution in [2.24, 2.45) is 5.41 Å². The van der Waals surface area contributed by atoms with Gasteiger partial charge in [0.2, 0.25) is 0 Å². The van der Waals surface area contributed by atoms with Crippen molar-refractivity contribution in [3.8, 4) is 0 Å². The van der Waals surface area contributed by atoms with Crippen LogP contribution in [-0.4, -0.2) is 21.8 Å². The minimum absolute atomic E-state index is 0.0689. The normalized spacial score (nSPS) is 11.7. The van der Waals surface area contributed by atoms with E-state index < -0.39 is 11.4 Å². The number of hydrogen-bond acceptors (Lipinski definition) is 2. The Hall–Kier alpha value is -1.81. The zero-order chi connectivity index (χ0) is 14.2. The van der Waals surface area contributed by atoms with Gasteiger partial charge in [-0.2, -0.15) is 0 Å². The molecule has 5 heteroatoms. The molecule has 2 N–H and O–H groups in total. The molecule has 0 aliphatic rings. The van der Waals surface area contributed by atoms with Crippen LogP contribution in [0, 0.1) is 5.41 Å². The molecule has 0 fully saturated rings. The Morgan fingerprint density at radius 1 is 1.37 bits per heavy atom. The summed E-state index contributed by atoms with van der Waals surface area (Å²) < 4.78 is 0. The Labute approximate surface area is 115 Å². The number of hydrogen-bond donors (Lipinski definition) is 2. The fraction of sp³-hybridized carbons (Fsp3) is 0.286. The van der Waals surface area contributed by atoms with Gasteiger partial charge in [0.1, 0.15) is 0 Å². The second-order valence-corrected chi connectivity index (χ2v) is 5.56. The summed E-state index contributed by atoms with van der Waals surface area (Å²) in [4.78, 5) is 26.3. The number of nitrogens with one attached hydrogen (secondary N) is 1. The summed E-state index contributed by atoms with van der Waals surface area (Å²) in [5.41, 5.74) is 0.112. The highest BCUT2D eigenvalue weighted by Gasteiger charge is 2.31. The van der Waals surface area contributed by atoms with Crippen LogP contribution in [-0.2, 0) is 4.79 Å². The van der Waals surface area contributed by atoms with Crippen LogP contribution in [0.5, 0.6) is 0 Å². The first-order valence-corrected chi connectivity index (χ1v) is 6.23. The topological polar surface area (TPSA) is 70.2 Å². The Balaban J connectivity index is 2.40. The summed E-state index contributed by atoms with van der Waals surface area (Å²) >= 11 is 6.09. The summed E-state index contributed by atoms with van der Waals surface area (Å²) in [5.74, 6) is -1.22. The van der Waals surface area contributed by atoms with Gasteiger partial charge in [0.25, 0.3) is 0 Å². The molecular formula is C14H14ClNO3. The Bertz CT molecular complexity index is 658. The van der Waals surface area contributed by atoms with Gasteiger partial charge in [0.15, 0.2) is 5.78 Å². The van der Waals surface area contributed by atoms with Gasteiger partial charge in [-0.3, -0.25) is 9.59 Å². The number of Topliss-reactive ketones (excluding diaryl/α,β-unsaturated/α-hetero) is 1. The van der Waals surface area contributed by atoms with Gasteiger partial charge in [-0.25, -0.2) is 0 Å². The molecule has 0 amide bonds. The lowest BCUT2D eigenvalue weighted by Crippen LogP contribution is -2.26. The van der Waals surface area contributed by atoms with Crippen molar-refractivity contribution in [3.05, 3.63) is 35.0 Å². The molecule has 0 spiro atoms. The molecule has 0 saturated carbocycles. The molecule has 1 aromatic heterocycles. The van der Waals surface area contributed by atoms with Crippen molar-refractivity contribution in [1.29, 1.82) is 0 Å². The molecule has 1 heterocycles. The third kappa shape index (κ3) is 2.49. The van der Waals surface area contributed by atoms with Gasteiger partial charge < -0.3 is 10.1 Å². The summed E-state index contributed by atoms with van der Waals surface area (Å²) in [6.45, 7) is 3.06. The molecular weight excluding hydrogens is 266 g/mol. The van der Waals surface area contributed by atoms with Gasteiger partial charge in [-0.15, -0.1) is 0 Å². The van der Waals surface area contributed by atoms with E-state index in [0.717, 1.165) is 5.52 Å². The van der Waals surface area contributed by atoms with Crippen molar-refractivity contribution < 1.29 is 14.7 Å². The maximum atomic E-state index is 12.3. The van der Waals surface area contributed by atoms with E-state index in [9.17, 15) is 9.59 Å². The highest BCUT2D eigenvalue weighted by atomic mass is 35.5. The number of carbonyl (C=O) groups excluding carboxylic acids is 1.